The number of nitrogens with zero attached hydrogens (tertiary/aromatic N) is 1. The van der Waals surface area contributed by atoms with Crippen LogP contribution >= 0.6 is 0 Å². The first-order valence-corrected chi connectivity index (χ1v) is 9.25. The van der Waals surface area contributed by atoms with Crippen molar-refractivity contribution in [2.24, 2.45) is 0 Å². The number of ether oxygens (including phenoxy) is 1. The number of hydrogen-bond acceptors (Lipinski definition) is 6. The fraction of sp³-hybridized carbons (Fsp3) is 0.0909. The molecule has 0 heterocycles. The number of benzene rings is 3. The van der Waals surface area contributed by atoms with Gasteiger partial charge in [-0.2, -0.15) is 0 Å². The van der Waals surface area contributed by atoms with Crippen molar-refractivity contribution in [1.82, 2.24) is 0 Å². The number of nitrogens with one attached hydrogen (secondary N) is 3. The van der Waals surface area contributed by atoms with Crippen LogP contribution in [0.4, 0.5) is 28.4 Å². The van der Waals surface area contributed by atoms with Crippen LogP contribution in [0.2, 0.25) is 0 Å². The second-order valence-corrected chi connectivity index (χ2v) is 6.53. The van der Waals surface area contributed by atoms with Crippen LogP contribution in [-0.2, 0) is 4.79 Å². The van der Waals surface area contributed by atoms with E-state index in [9.17, 15) is 19.7 Å². The summed E-state index contributed by atoms with van der Waals surface area (Å²) in [5, 5.41) is 19.8. The molecule has 3 aromatic carbocycles. The number of rotatable bonds is 7. The van der Waals surface area contributed by atoms with E-state index in [1.54, 1.807) is 36.4 Å². The van der Waals surface area contributed by atoms with Gasteiger partial charge in [-0.1, -0.05) is 18.2 Å². The fourth-order valence-electron chi connectivity index (χ4n) is 2.88. The zero-order valence-electron chi connectivity index (χ0n) is 16.8. The SMILES string of the molecule is COc1ccc(NC(=O)c2ccc(Nc3ccccc3)c([N+](=O)[O-])c2)cc1NC(C)=O. The second kappa shape index (κ2) is 9.40. The van der Waals surface area contributed by atoms with Crippen LogP contribution in [0.25, 0.3) is 0 Å². The Balaban J connectivity index is 1.84. The van der Waals surface area contributed by atoms with E-state index in [4.69, 9.17) is 4.74 Å². The summed E-state index contributed by atoms with van der Waals surface area (Å²) in [5.41, 5.74) is 1.62. The fourth-order valence-corrected chi connectivity index (χ4v) is 2.88. The molecule has 3 rings (SSSR count). The lowest BCUT2D eigenvalue weighted by atomic mass is 10.1. The summed E-state index contributed by atoms with van der Waals surface area (Å²) in [6.45, 7) is 1.36. The van der Waals surface area contributed by atoms with Gasteiger partial charge in [-0.25, -0.2) is 0 Å². The van der Waals surface area contributed by atoms with Gasteiger partial charge in [0.05, 0.1) is 17.7 Å². The van der Waals surface area contributed by atoms with E-state index in [1.807, 2.05) is 6.07 Å². The van der Waals surface area contributed by atoms with E-state index < -0.39 is 10.8 Å². The van der Waals surface area contributed by atoms with Crippen molar-refractivity contribution in [3.63, 3.8) is 0 Å². The Bertz CT molecular complexity index is 1130. The smallest absolute Gasteiger partial charge is 0.293 e. The molecular weight excluding hydrogens is 400 g/mol. The number of anilines is 4. The molecule has 3 N–H and O–H groups in total. The largest absolute Gasteiger partial charge is 0.495 e. The molecule has 31 heavy (non-hydrogen) atoms. The maximum Gasteiger partial charge on any atom is 0.293 e. The molecule has 0 saturated heterocycles. The highest BCUT2D eigenvalue weighted by Crippen LogP contribution is 2.30. The number of amides is 2. The number of nitro benzene ring substituents is 1. The van der Waals surface area contributed by atoms with E-state index in [1.165, 1.54) is 38.3 Å². The van der Waals surface area contributed by atoms with Gasteiger partial charge in [0.1, 0.15) is 11.4 Å². The van der Waals surface area contributed by atoms with Gasteiger partial charge >= 0.3 is 0 Å². The number of carbonyl (C=O) groups is 2. The van der Waals surface area contributed by atoms with E-state index in [-0.39, 0.29) is 22.8 Å². The third-order valence-electron chi connectivity index (χ3n) is 4.28. The minimum absolute atomic E-state index is 0.113. The van der Waals surface area contributed by atoms with Crippen LogP contribution in [0.5, 0.6) is 5.75 Å². The van der Waals surface area contributed by atoms with Crippen LogP contribution < -0.4 is 20.7 Å². The monoisotopic (exact) mass is 420 g/mol. The Labute approximate surface area is 178 Å². The summed E-state index contributed by atoms with van der Waals surface area (Å²) in [7, 11) is 1.46. The molecule has 0 aliphatic carbocycles. The first kappa shape index (κ1) is 21.3. The number of methoxy groups -OCH3 is 1. The zero-order chi connectivity index (χ0) is 22.4. The van der Waals surface area contributed by atoms with E-state index in [0.29, 0.717) is 22.8 Å². The Morgan fingerprint density at radius 3 is 2.29 bits per heavy atom. The minimum Gasteiger partial charge on any atom is -0.495 e. The summed E-state index contributed by atoms with van der Waals surface area (Å²) >= 11 is 0. The summed E-state index contributed by atoms with van der Waals surface area (Å²) in [6.07, 6.45) is 0. The average molecular weight is 420 g/mol. The van der Waals surface area contributed by atoms with Crippen molar-refractivity contribution in [2.45, 2.75) is 6.92 Å². The topological polar surface area (TPSA) is 123 Å². The van der Waals surface area contributed by atoms with Crippen LogP contribution in [0.3, 0.4) is 0 Å². The Morgan fingerprint density at radius 1 is 0.903 bits per heavy atom. The molecule has 0 saturated carbocycles. The molecule has 0 spiro atoms. The van der Waals surface area contributed by atoms with Crippen molar-refractivity contribution < 1.29 is 19.2 Å². The van der Waals surface area contributed by atoms with Gasteiger partial charge in [0.2, 0.25) is 5.91 Å². The van der Waals surface area contributed by atoms with E-state index >= 15 is 0 Å². The van der Waals surface area contributed by atoms with Crippen LogP contribution in [0, 0.1) is 10.1 Å². The standard InChI is InChI=1S/C22H20N4O5/c1-14(27)23-19-13-17(9-11-21(19)31-2)25-22(28)15-8-10-18(20(12-15)26(29)30)24-16-6-4-3-5-7-16/h3-13,24H,1-2H3,(H,23,27)(H,25,28). The van der Waals surface area contributed by atoms with Gasteiger partial charge in [-0.05, 0) is 42.5 Å². The minimum atomic E-state index is -0.551. The van der Waals surface area contributed by atoms with Crippen LogP contribution in [0.15, 0.2) is 66.7 Å². The summed E-state index contributed by atoms with van der Waals surface area (Å²) in [6, 6.07) is 17.9. The highest BCUT2D eigenvalue weighted by Gasteiger charge is 2.18. The second-order valence-electron chi connectivity index (χ2n) is 6.53. The van der Waals surface area contributed by atoms with Crippen molar-refractivity contribution in [3.8, 4) is 5.75 Å². The summed E-state index contributed by atoms with van der Waals surface area (Å²) in [5.74, 6) is -0.396. The molecule has 0 fully saturated rings. The Morgan fingerprint density at radius 2 is 1.65 bits per heavy atom. The number of para-hydroxylation sites is 1. The molecule has 0 radical (unpaired) electrons. The summed E-state index contributed by atoms with van der Waals surface area (Å²) < 4.78 is 5.19. The van der Waals surface area contributed by atoms with Gasteiger partial charge < -0.3 is 20.7 Å². The molecule has 0 atom stereocenters. The molecule has 0 aliphatic heterocycles. The lowest BCUT2D eigenvalue weighted by molar-refractivity contribution is -0.383. The van der Waals surface area contributed by atoms with Gasteiger partial charge in [0.25, 0.3) is 11.6 Å². The lowest BCUT2D eigenvalue weighted by Crippen LogP contribution is -2.13. The number of nitro groups is 1. The highest BCUT2D eigenvalue weighted by atomic mass is 16.6. The zero-order valence-corrected chi connectivity index (χ0v) is 16.8. The van der Waals surface area contributed by atoms with Gasteiger partial charge in [0.15, 0.2) is 0 Å². The Kier molecular flexibility index (Phi) is 6.46. The molecule has 0 unspecified atom stereocenters. The molecule has 158 valence electrons. The number of carbonyl (C=O) groups excluding carboxylic acids is 2. The molecular formula is C22H20N4O5. The van der Waals surface area contributed by atoms with E-state index in [0.717, 1.165) is 0 Å². The molecule has 9 heteroatoms. The van der Waals surface area contributed by atoms with Gasteiger partial charge in [-0.15, -0.1) is 0 Å². The quantitative estimate of drug-likeness (QED) is 0.380. The van der Waals surface area contributed by atoms with Gasteiger partial charge in [0, 0.05) is 29.9 Å². The predicted octanol–water partition coefficient (Wildman–Crippen LogP) is 4.56. The maximum absolute atomic E-state index is 12.7. The summed E-state index contributed by atoms with van der Waals surface area (Å²) in [4.78, 5) is 35.0. The van der Waals surface area contributed by atoms with Gasteiger partial charge in [-0.3, -0.25) is 19.7 Å². The van der Waals surface area contributed by atoms with Crippen molar-refractivity contribution in [3.05, 3.63) is 82.4 Å². The van der Waals surface area contributed by atoms with Crippen molar-refractivity contribution in [2.75, 3.05) is 23.1 Å². The molecule has 0 bridgehead atoms. The van der Waals surface area contributed by atoms with E-state index in [2.05, 4.69) is 16.0 Å². The first-order chi connectivity index (χ1) is 14.9. The molecule has 2 amide bonds. The third kappa shape index (κ3) is 5.36. The van der Waals surface area contributed by atoms with Crippen LogP contribution in [0.1, 0.15) is 17.3 Å². The van der Waals surface area contributed by atoms with Crippen LogP contribution in [-0.4, -0.2) is 23.8 Å². The predicted molar refractivity (Wildman–Crippen MR) is 118 cm³/mol. The highest BCUT2D eigenvalue weighted by molar-refractivity contribution is 6.05. The normalized spacial score (nSPS) is 10.1. The molecule has 0 aromatic heterocycles. The molecule has 3 aromatic rings. The first-order valence-electron chi connectivity index (χ1n) is 9.25. The third-order valence-corrected chi connectivity index (χ3v) is 4.28. The van der Waals surface area contributed by atoms with Crippen molar-refractivity contribution >= 4 is 40.3 Å². The van der Waals surface area contributed by atoms with Crippen molar-refractivity contribution in [1.29, 1.82) is 0 Å². The Hall–Kier alpha value is -4.40. The number of hydrogen-bond donors (Lipinski definition) is 3. The molecule has 9 nitrogen and oxygen atoms in total. The maximum atomic E-state index is 12.7. The average Bonchev–Trinajstić information content (AvgIpc) is 2.74. The lowest BCUT2D eigenvalue weighted by Gasteiger charge is -2.12. The molecule has 0 aliphatic rings.